The lowest BCUT2D eigenvalue weighted by Crippen LogP contribution is -2.43. The summed E-state index contributed by atoms with van der Waals surface area (Å²) in [6, 6.07) is 4.58. The first-order valence-electron chi connectivity index (χ1n) is 7.96. The van der Waals surface area contributed by atoms with E-state index in [1.807, 2.05) is 20.8 Å². The zero-order valence-corrected chi connectivity index (χ0v) is 13.9. The molecule has 0 aliphatic heterocycles. The van der Waals surface area contributed by atoms with Gasteiger partial charge in [0.15, 0.2) is 0 Å². The first kappa shape index (κ1) is 17.0. The van der Waals surface area contributed by atoms with Gasteiger partial charge in [-0.15, -0.1) is 0 Å². The van der Waals surface area contributed by atoms with Gasteiger partial charge in [0.05, 0.1) is 11.0 Å². The molecule has 0 unspecified atom stereocenters. The fourth-order valence-corrected chi connectivity index (χ4v) is 4.38. The summed E-state index contributed by atoms with van der Waals surface area (Å²) >= 11 is 0. The number of amides is 1. The zero-order valence-electron chi connectivity index (χ0n) is 13.9. The van der Waals surface area contributed by atoms with Crippen LogP contribution in [0.3, 0.4) is 0 Å². The molecule has 2 atom stereocenters. The van der Waals surface area contributed by atoms with Crippen molar-refractivity contribution in [3.8, 4) is 0 Å². The molecule has 3 rings (SSSR count). The highest BCUT2D eigenvalue weighted by atomic mass is 19.4. The van der Waals surface area contributed by atoms with Crippen molar-refractivity contribution in [1.29, 1.82) is 0 Å². The number of halogens is 3. The Morgan fingerprint density at radius 3 is 2.33 bits per heavy atom. The van der Waals surface area contributed by atoms with Crippen LogP contribution in [0.2, 0.25) is 0 Å². The Morgan fingerprint density at radius 2 is 1.83 bits per heavy atom. The third kappa shape index (κ3) is 2.04. The summed E-state index contributed by atoms with van der Waals surface area (Å²) in [6.07, 6.45) is -3.10. The first-order valence-corrected chi connectivity index (χ1v) is 7.96. The minimum absolute atomic E-state index is 0.0675. The molecule has 0 saturated heterocycles. The van der Waals surface area contributed by atoms with Gasteiger partial charge in [0.25, 0.3) is 0 Å². The van der Waals surface area contributed by atoms with Crippen molar-refractivity contribution in [2.75, 3.05) is 5.32 Å². The number of rotatable bonds is 2. The molecule has 2 aliphatic rings. The first-order chi connectivity index (χ1) is 10.9. The van der Waals surface area contributed by atoms with Crippen LogP contribution in [0.5, 0.6) is 0 Å². The number of hydrogen-bond donors (Lipinski definition) is 1. The summed E-state index contributed by atoms with van der Waals surface area (Å²) in [5, 5.41) is 2.62. The van der Waals surface area contributed by atoms with E-state index in [0.717, 1.165) is 12.1 Å². The Morgan fingerprint density at radius 1 is 1.17 bits per heavy atom. The second-order valence-corrected chi connectivity index (χ2v) is 7.67. The maximum absolute atomic E-state index is 12.9. The summed E-state index contributed by atoms with van der Waals surface area (Å²) in [5.41, 5.74) is -2.63. The second-order valence-electron chi connectivity index (χ2n) is 7.67. The molecular formula is C18H20F3NO2. The molecule has 2 bridgehead atoms. The monoisotopic (exact) mass is 339 g/mol. The Kier molecular flexibility index (Phi) is 3.42. The van der Waals surface area contributed by atoms with Gasteiger partial charge < -0.3 is 5.32 Å². The van der Waals surface area contributed by atoms with Gasteiger partial charge in [-0.05, 0) is 36.5 Å². The molecule has 2 aliphatic carbocycles. The van der Waals surface area contributed by atoms with Crippen LogP contribution in [-0.4, -0.2) is 11.7 Å². The normalized spacial score (nSPS) is 31.3. The molecule has 0 radical (unpaired) electrons. The second kappa shape index (κ2) is 4.83. The van der Waals surface area contributed by atoms with E-state index >= 15 is 0 Å². The van der Waals surface area contributed by atoms with Crippen molar-refractivity contribution in [2.24, 2.45) is 16.2 Å². The van der Waals surface area contributed by atoms with Crippen molar-refractivity contribution in [3.63, 3.8) is 0 Å². The molecule has 1 aromatic carbocycles. The highest BCUT2D eigenvalue weighted by Gasteiger charge is 2.72. The smallest absolute Gasteiger partial charge is 0.326 e. The molecule has 24 heavy (non-hydrogen) atoms. The zero-order chi connectivity index (χ0) is 18.0. The van der Waals surface area contributed by atoms with Crippen LogP contribution < -0.4 is 5.32 Å². The van der Waals surface area contributed by atoms with Crippen molar-refractivity contribution >= 4 is 17.4 Å². The van der Waals surface area contributed by atoms with E-state index in [0.29, 0.717) is 12.8 Å². The summed E-state index contributed by atoms with van der Waals surface area (Å²) in [4.78, 5) is 25.3. The average Bonchev–Trinajstić information content (AvgIpc) is 2.77. The molecule has 1 aromatic rings. The summed E-state index contributed by atoms with van der Waals surface area (Å²) in [5.74, 6) is -0.292. The predicted octanol–water partition coefficient (Wildman–Crippen LogP) is 4.43. The molecule has 1 amide bonds. The molecule has 1 N–H and O–H groups in total. The van der Waals surface area contributed by atoms with Crippen LogP contribution in [-0.2, 0) is 15.8 Å². The molecular weight excluding hydrogens is 319 g/mol. The number of alkyl halides is 3. The standard InChI is InChI=1S/C18H20F3NO2/c1-15(2)16(3)7-8-17(15,10-13(16)23)14(24)22-12-6-4-5-11(9-12)18(19,20)21/h4-6,9H,7-8,10H2,1-3H3,(H,22,24)/t16-,17+/m1/s1. The van der Waals surface area contributed by atoms with Gasteiger partial charge in [0.2, 0.25) is 5.91 Å². The number of Topliss-reactive ketones (excluding diaryl/α,β-unsaturated/α-hetero) is 1. The fraction of sp³-hybridized carbons (Fsp3) is 0.556. The molecule has 6 heteroatoms. The van der Waals surface area contributed by atoms with Gasteiger partial charge in [-0.3, -0.25) is 9.59 Å². The SMILES string of the molecule is CC1(C)[C@@]2(C(=O)Nc3cccc(C(F)(F)F)c3)CC[C@]1(C)C(=O)C2. The Hall–Kier alpha value is -1.85. The predicted molar refractivity (Wildman–Crippen MR) is 83.3 cm³/mol. The molecule has 2 fully saturated rings. The van der Waals surface area contributed by atoms with Crippen LogP contribution >= 0.6 is 0 Å². The number of anilines is 1. The van der Waals surface area contributed by atoms with E-state index in [-0.39, 0.29) is 23.8 Å². The number of benzene rings is 1. The molecule has 3 nitrogen and oxygen atoms in total. The highest BCUT2D eigenvalue weighted by molar-refractivity contribution is 6.04. The van der Waals surface area contributed by atoms with Crippen LogP contribution in [0.25, 0.3) is 0 Å². The maximum Gasteiger partial charge on any atom is 0.416 e. The Bertz CT molecular complexity index is 725. The van der Waals surface area contributed by atoms with E-state index in [2.05, 4.69) is 5.32 Å². The lowest BCUT2D eigenvalue weighted by molar-refractivity contribution is -0.137. The third-order valence-electron chi connectivity index (χ3n) is 6.59. The van der Waals surface area contributed by atoms with Crippen LogP contribution in [0.4, 0.5) is 18.9 Å². The van der Waals surface area contributed by atoms with Crippen molar-refractivity contribution < 1.29 is 22.8 Å². The molecule has 0 heterocycles. The minimum atomic E-state index is -4.46. The fourth-order valence-electron chi connectivity index (χ4n) is 4.38. The van der Waals surface area contributed by atoms with Gasteiger partial charge in [-0.2, -0.15) is 13.2 Å². The van der Waals surface area contributed by atoms with Gasteiger partial charge in [-0.1, -0.05) is 26.8 Å². The third-order valence-corrected chi connectivity index (χ3v) is 6.59. The van der Waals surface area contributed by atoms with Crippen LogP contribution in [0, 0.1) is 16.2 Å². The number of fused-ring (bicyclic) bond motifs is 2. The largest absolute Gasteiger partial charge is 0.416 e. The van der Waals surface area contributed by atoms with Gasteiger partial charge in [0.1, 0.15) is 5.78 Å². The average molecular weight is 339 g/mol. The number of ketones is 1. The van der Waals surface area contributed by atoms with Gasteiger partial charge in [0, 0.05) is 17.5 Å². The number of carbonyl (C=O) groups excluding carboxylic acids is 2. The minimum Gasteiger partial charge on any atom is -0.326 e. The molecule has 130 valence electrons. The van der Waals surface area contributed by atoms with E-state index < -0.39 is 28.0 Å². The summed E-state index contributed by atoms with van der Waals surface area (Å²) < 4.78 is 38.5. The lowest BCUT2D eigenvalue weighted by atomic mass is 9.64. The number of carbonyl (C=O) groups is 2. The van der Waals surface area contributed by atoms with E-state index in [1.54, 1.807) is 0 Å². The van der Waals surface area contributed by atoms with Crippen molar-refractivity contribution in [3.05, 3.63) is 29.8 Å². The van der Waals surface area contributed by atoms with Crippen molar-refractivity contribution in [2.45, 2.75) is 46.2 Å². The topological polar surface area (TPSA) is 46.2 Å². The molecule has 0 spiro atoms. The van der Waals surface area contributed by atoms with Crippen LogP contribution in [0.15, 0.2) is 24.3 Å². The number of hydrogen-bond acceptors (Lipinski definition) is 2. The van der Waals surface area contributed by atoms with Gasteiger partial charge >= 0.3 is 6.18 Å². The summed E-state index contributed by atoms with van der Waals surface area (Å²) in [6.45, 7) is 5.72. The Labute approximate surface area is 138 Å². The highest BCUT2D eigenvalue weighted by Crippen LogP contribution is 2.70. The summed E-state index contributed by atoms with van der Waals surface area (Å²) in [7, 11) is 0. The van der Waals surface area contributed by atoms with E-state index in [1.165, 1.54) is 12.1 Å². The molecule has 0 aromatic heterocycles. The lowest BCUT2D eigenvalue weighted by Gasteiger charge is -2.38. The van der Waals surface area contributed by atoms with E-state index in [9.17, 15) is 22.8 Å². The van der Waals surface area contributed by atoms with Gasteiger partial charge in [-0.25, -0.2) is 0 Å². The maximum atomic E-state index is 12.9. The van der Waals surface area contributed by atoms with E-state index in [4.69, 9.17) is 0 Å². The number of nitrogens with one attached hydrogen (secondary N) is 1. The van der Waals surface area contributed by atoms with Crippen molar-refractivity contribution in [1.82, 2.24) is 0 Å². The molecule has 2 saturated carbocycles. The quantitative estimate of drug-likeness (QED) is 0.866. The van der Waals surface area contributed by atoms with Crippen LogP contribution in [0.1, 0.15) is 45.6 Å². The Balaban J connectivity index is 1.90.